The third kappa shape index (κ3) is 3.12. The molecule has 1 heterocycles. The van der Waals surface area contributed by atoms with Gasteiger partial charge in [-0.2, -0.15) is 5.01 Å². The number of urea groups is 1. The molecule has 0 saturated carbocycles. The van der Waals surface area contributed by atoms with Crippen molar-refractivity contribution >= 4 is 29.4 Å². The predicted octanol–water partition coefficient (Wildman–Crippen LogP) is 4.48. The van der Waals surface area contributed by atoms with Crippen LogP contribution in [-0.4, -0.2) is 23.5 Å². The highest BCUT2D eigenvalue weighted by atomic mass is 35.5. The monoisotopic (exact) mass is 361 g/mol. The van der Waals surface area contributed by atoms with Crippen LogP contribution in [0.15, 0.2) is 57.5 Å². The van der Waals surface area contributed by atoms with Gasteiger partial charge in [0.15, 0.2) is 0 Å². The lowest BCUT2D eigenvalue weighted by atomic mass is 9.96. The van der Waals surface area contributed by atoms with Crippen molar-refractivity contribution < 1.29 is 4.79 Å². The largest absolute Gasteiger partial charge is 0.341 e. The molecule has 0 radical (unpaired) electrons. The van der Waals surface area contributed by atoms with Crippen molar-refractivity contribution in [3.63, 3.8) is 0 Å². The normalized spacial score (nSPS) is 15.2. The summed E-state index contributed by atoms with van der Waals surface area (Å²) in [6.45, 7) is 2.12. The number of nitrogens with zero attached hydrogens (tertiary/aromatic N) is 2. The van der Waals surface area contributed by atoms with Gasteiger partial charge in [-0.15, -0.1) is 16.5 Å². The molecule has 2 amide bonds. The maximum absolute atomic E-state index is 12.4. The molecule has 5 nitrogen and oxygen atoms in total. The summed E-state index contributed by atoms with van der Waals surface area (Å²) in [5.41, 5.74) is 3.17. The number of hydrogen-bond acceptors (Lipinski definition) is 4. The topological polar surface area (TPSA) is 61.8 Å². The van der Waals surface area contributed by atoms with E-state index in [9.17, 15) is 9.70 Å². The highest BCUT2D eigenvalue weighted by Crippen LogP contribution is 2.45. The van der Waals surface area contributed by atoms with Crippen LogP contribution >= 0.6 is 23.4 Å². The number of halogens is 1. The number of carbonyl (C=O) groups excluding carboxylic acids is 1. The lowest BCUT2D eigenvalue weighted by Gasteiger charge is -2.30. The fourth-order valence-corrected chi connectivity index (χ4v) is 4.11. The van der Waals surface area contributed by atoms with Crippen molar-refractivity contribution in [1.29, 1.82) is 0 Å². The molecular formula is C17H16ClN3O2S. The Morgan fingerprint density at radius 3 is 2.75 bits per heavy atom. The molecule has 0 aromatic heterocycles. The molecule has 1 aliphatic heterocycles. The molecule has 1 N–H and O–H groups in total. The number of hydrogen-bond donors (Lipinski definition) is 1. The Balaban J connectivity index is 1.99. The van der Waals surface area contributed by atoms with E-state index in [0.29, 0.717) is 0 Å². The van der Waals surface area contributed by atoms with Crippen molar-refractivity contribution in [1.82, 2.24) is 10.3 Å². The second-order valence-electron chi connectivity index (χ2n) is 5.41. The van der Waals surface area contributed by atoms with Crippen LogP contribution in [0.1, 0.15) is 22.7 Å². The lowest BCUT2D eigenvalue weighted by molar-refractivity contribution is 0.199. The first-order valence-electron chi connectivity index (χ1n) is 7.49. The zero-order chi connectivity index (χ0) is 17.1. The molecule has 0 bridgehead atoms. The van der Waals surface area contributed by atoms with Gasteiger partial charge < -0.3 is 5.32 Å². The van der Waals surface area contributed by atoms with Gasteiger partial charge in [0.1, 0.15) is 0 Å². The number of rotatable bonds is 4. The summed E-state index contributed by atoms with van der Waals surface area (Å²) >= 11 is 7.31. The van der Waals surface area contributed by atoms with Gasteiger partial charge in [-0.3, -0.25) is 0 Å². The van der Waals surface area contributed by atoms with E-state index in [1.54, 1.807) is 11.8 Å². The molecule has 2 aromatic rings. The van der Waals surface area contributed by atoms with Crippen molar-refractivity contribution in [2.75, 3.05) is 12.4 Å². The summed E-state index contributed by atoms with van der Waals surface area (Å²) in [7, 11) is 0. The van der Waals surface area contributed by atoms with Crippen molar-refractivity contribution in [3.05, 3.63) is 64.1 Å². The lowest BCUT2D eigenvalue weighted by Crippen LogP contribution is -2.40. The van der Waals surface area contributed by atoms with Gasteiger partial charge in [0.05, 0.1) is 17.9 Å². The summed E-state index contributed by atoms with van der Waals surface area (Å²) in [6.07, 6.45) is 0. The number of fused-ring (bicyclic) bond motifs is 2. The first kappa shape index (κ1) is 16.8. The minimum Gasteiger partial charge on any atom is -0.325 e. The smallest absolute Gasteiger partial charge is 0.325 e. The maximum Gasteiger partial charge on any atom is 0.341 e. The molecule has 124 valence electrons. The third-order valence-corrected chi connectivity index (χ3v) is 5.42. The number of alkyl halides is 1. The summed E-state index contributed by atoms with van der Waals surface area (Å²) in [5, 5.41) is 6.48. The maximum atomic E-state index is 12.4. The Morgan fingerprint density at radius 2 is 2.00 bits per heavy atom. The van der Waals surface area contributed by atoms with Crippen molar-refractivity contribution in [2.24, 2.45) is 5.29 Å². The quantitative estimate of drug-likeness (QED) is 0.496. The Morgan fingerprint density at radius 1 is 1.25 bits per heavy atom. The second-order valence-corrected chi connectivity index (χ2v) is 6.84. The van der Waals surface area contributed by atoms with Crippen LogP contribution in [-0.2, 0) is 0 Å². The van der Waals surface area contributed by atoms with E-state index in [2.05, 4.69) is 10.6 Å². The summed E-state index contributed by atoms with van der Waals surface area (Å²) in [4.78, 5) is 25.5. The fraction of sp³-hybridized carbons (Fsp3) is 0.235. The Hall–Kier alpha value is -2.05. The fourth-order valence-electron chi connectivity index (χ4n) is 2.74. The first-order chi connectivity index (χ1) is 11.7. The molecule has 7 heteroatoms. The highest BCUT2D eigenvalue weighted by molar-refractivity contribution is 7.99. The van der Waals surface area contributed by atoms with E-state index >= 15 is 0 Å². The molecule has 0 saturated heterocycles. The molecule has 0 aliphatic carbocycles. The van der Waals surface area contributed by atoms with Crippen molar-refractivity contribution in [3.8, 4) is 0 Å². The minimum atomic E-state index is -0.551. The van der Waals surface area contributed by atoms with Gasteiger partial charge in [-0.05, 0) is 29.7 Å². The average molecular weight is 362 g/mol. The third-order valence-electron chi connectivity index (χ3n) is 3.89. The molecule has 1 unspecified atom stereocenters. The SMILES string of the molecule is Cc1cccc2c1Sc1ccccc1C2NC(=O)N(CCCl)N=O. The van der Waals surface area contributed by atoms with Crippen LogP contribution in [0.2, 0.25) is 0 Å². The number of benzene rings is 2. The summed E-state index contributed by atoms with van der Waals surface area (Å²) in [6, 6.07) is 13.1. The van der Waals surface area contributed by atoms with E-state index in [0.717, 1.165) is 31.5 Å². The Labute approximate surface area is 149 Å². The van der Waals surface area contributed by atoms with Gasteiger partial charge in [-0.1, -0.05) is 48.2 Å². The number of carbonyl (C=O) groups is 1. The Bertz CT molecular complexity index is 784. The van der Waals surface area contributed by atoms with Crippen LogP contribution in [0, 0.1) is 11.8 Å². The van der Waals surface area contributed by atoms with Crippen LogP contribution < -0.4 is 5.32 Å². The van der Waals surface area contributed by atoms with Crippen LogP contribution in [0.4, 0.5) is 4.79 Å². The van der Waals surface area contributed by atoms with E-state index < -0.39 is 6.03 Å². The van der Waals surface area contributed by atoms with E-state index in [1.807, 2.05) is 49.4 Å². The zero-order valence-corrected chi connectivity index (χ0v) is 14.6. The van der Waals surface area contributed by atoms with E-state index in [4.69, 9.17) is 11.6 Å². The van der Waals surface area contributed by atoms with Crippen molar-refractivity contribution in [2.45, 2.75) is 22.8 Å². The number of nitroso groups, excluding NO2 is 1. The van der Waals surface area contributed by atoms with Crippen LogP contribution in [0.5, 0.6) is 0 Å². The Kier molecular flexibility index (Phi) is 5.06. The molecule has 0 fully saturated rings. The molecule has 0 spiro atoms. The minimum absolute atomic E-state index is 0.0701. The highest BCUT2D eigenvalue weighted by Gasteiger charge is 2.29. The standard InChI is InChI=1S/C17H16ClN3O2S/c1-11-5-4-7-13-15(19-17(22)21(20-23)10-9-18)12-6-2-3-8-14(12)24-16(11)13/h2-8,15H,9-10H2,1H3,(H,19,22). The van der Waals surface area contributed by atoms with Gasteiger partial charge >= 0.3 is 6.03 Å². The molecule has 1 aliphatic rings. The first-order valence-corrected chi connectivity index (χ1v) is 8.84. The molecule has 1 atom stereocenters. The average Bonchev–Trinajstić information content (AvgIpc) is 2.60. The number of aryl methyl sites for hydroxylation is 1. The van der Waals surface area contributed by atoms with E-state index in [1.165, 1.54) is 0 Å². The van der Waals surface area contributed by atoms with Gasteiger partial charge in [-0.25, -0.2) is 4.79 Å². The molecular weight excluding hydrogens is 346 g/mol. The predicted molar refractivity (Wildman–Crippen MR) is 95.3 cm³/mol. The molecule has 2 aromatic carbocycles. The van der Waals surface area contributed by atoms with Gasteiger partial charge in [0, 0.05) is 15.7 Å². The van der Waals surface area contributed by atoms with Gasteiger partial charge in [0.25, 0.3) is 0 Å². The molecule has 3 rings (SSSR count). The number of amides is 2. The second kappa shape index (κ2) is 7.23. The van der Waals surface area contributed by atoms with Crippen LogP contribution in [0.3, 0.4) is 0 Å². The summed E-state index contributed by atoms with van der Waals surface area (Å²) < 4.78 is 0. The summed E-state index contributed by atoms with van der Waals surface area (Å²) in [5.74, 6) is 0.145. The number of nitrogens with one attached hydrogen (secondary N) is 1. The van der Waals surface area contributed by atoms with Gasteiger partial charge in [0.2, 0.25) is 0 Å². The van der Waals surface area contributed by atoms with Crippen LogP contribution in [0.25, 0.3) is 0 Å². The molecule has 24 heavy (non-hydrogen) atoms. The zero-order valence-electron chi connectivity index (χ0n) is 13.0. The van der Waals surface area contributed by atoms with E-state index in [-0.39, 0.29) is 18.5 Å².